The van der Waals surface area contributed by atoms with E-state index in [0.717, 1.165) is 6.42 Å². The Bertz CT molecular complexity index is 500. The zero-order chi connectivity index (χ0) is 13.1. The molecule has 0 aromatic heterocycles. The number of hydrogen-bond acceptors (Lipinski definition) is 0. The summed E-state index contributed by atoms with van der Waals surface area (Å²) >= 11 is 0. The first-order valence-electron chi connectivity index (χ1n) is 6.68. The van der Waals surface area contributed by atoms with Gasteiger partial charge < -0.3 is 0 Å². The van der Waals surface area contributed by atoms with Crippen molar-refractivity contribution in [1.82, 2.24) is 0 Å². The van der Waals surface area contributed by atoms with Gasteiger partial charge in [0.15, 0.2) is 0 Å². The van der Waals surface area contributed by atoms with Gasteiger partial charge in [-0.15, -0.1) is 0 Å². The van der Waals surface area contributed by atoms with E-state index in [1.54, 1.807) is 0 Å². The van der Waals surface area contributed by atoms with Crippen LogP contribution >= 0.6 is 0 Å². The van der Waals surface area contributed by atoms with Gasteiger partial charge >= 0.3 is 0 Å². The maximum absolute atomic E-state index is 2.31. The van der Waals surface area contributed by atoms with Gasteiger partial charge in [0.1, 0.15) is 0 Å². The van der Waals surface area contributed by atoms with Crippen molar-refractivity contribution in [2.24, 2.45) is 0 Å². The van der Waals surface area contributed by atoms with E-state index in [-0.39, 0.29) is 0 Å². The summed E-state index contributed by atoms with van der Waals surface area (Å²) in [6, 6.07) is 15.8. The van der Waals surface area contributed by atoms with Crippen LogP contribution in [0.4, 0.5) is 0 Å². The Morgan fingerprint density at radius 1 is 0.778 bits per heavy atom. The highest BCUT2D eigenvalue weighted by atomic mass is 14.1. The summed E-state index contributed by atoms with van der Waals surface area (Å²) in [6.45, 7) is 8.79. The van der Waals surface area contributed by atoms with Gasteiger partial charge in [-0.2, -0.15) is 0 Å². The molecule has 0 saturated carbocycles. The largest absolute Gasteiger partial charge is 0.0590 e. The van der Waals surface area contributed by atoms with Crippen molar-refractivity contribution < 1.29 is 0 Å². The predicted octanol–water partition coefficient (Wildman–Crippen LogP) is 4.96. The SMILES string of the molecule is Cc1ccc(C(C)Cc2cc(C)cc(C)c2)cc1. The number of aryl methyl sites for hydroxylation is 3. The first kappa shape index (κ1) is 12.9. The van der Waals surface area contributed by atoms with Crippen LogP contribution in [0.1, 0.15) is 40.7 Å². The van der Waals surface area contributed by atoms with Crippen LogP contribution in [0.5, 0.6) is 0 Å². The van der Waals surface area contributed by atoms with Crippen LogP contribution in [0.3, 0.4) is 0 Å². The first-order chi connectivity index (χ1) is 8.54. The molecule has 0 fully saturated rings. The van der Waals surface area contributed by atoms with E-state index >= 15 is 0 Å². The lowest BCUT2D eigenvalue weighted by Crippen LogP contribution is -1.99. The topological polar surface area (TPSA) is 0 Å². The molecular formula is C18H22. The van der Waals surface area contributed by atoms with Crippen LogP contribution in [0.2, 0.25) is 0 Å². The molecule has 0 aliphatic rings. The lowest BCUT2D eigenvalue weighted by atomic mass is 9.92. The third-order valence-electron chi connectivity index (χ3n) is 3.47. The van der Waals surface area contributed by atoms with Crippen molar-refractivity contribution in [2.75, 3.05) is 0 Å². The highest BCUT2D eigenvalue weighted by Crippen LogP contribution is 2.22. The maximum atomic E-state index is 2.31. The minimum atomic E-state index is 0.576. The molecule has 0 aliphatic heterocycles. The van der Waals surface area contributed by atoms with Gasteiger partial charge in [-0.25, -0.2) is 0 Å². The molecule has 1 atom stereocenters. The monoisotopic (exact) mass is 238 g/mol. The molecule has 0 spiro atoms. The van der Waals surface area contributed by atoms with Gasteiger partial charge in [0, 0.05) is 0 Å². The Morgan fingerprint density at radius 2 is 1.33 bits per heavy atom. The molecule has 94 valence electrons. The Balaban J connectivity index is 2.15. The quantitative estimate of drug-likeness (QED) is 0.709. The first-order valence-corrected chi connectivity index (χ1v) is 6.68. The van der Waals surface area contributed by atoms with Crippen LogP contribution in [0.25, 0.3) is 0 Å². The lowest BCUT2D eigenvalue weighted by molar-refractivity contribution is 0.758. The molecule has 0 nitrogen and oxygen atoms in total. The standard InChI is InChI=1S/C18H22/c1-13-5-7-18(8-6-13)16(4)12-17-10-14(2)9-15(3)11-17/h5-11,16H,12H2,1-4H3. The van der Waals surface area contributed by atoms with Crippen molar-refractivity contribution in [3.63, 3.8) is 0 Å². The van der Waals surface area contributed by atoms with E-state index in [4.69, 9.17) is 0 Å². The minimum Gasteiger partial charge on any atom is -0.0590 e. The molecule has 0 saturated heterocycles. The van der Waals surface area contributed by atoms with Crippen LogP contribution in [-0.2, 0) is 6.42 Å². The third kappa shape index (κ3) is 3.22. The van der Waals surface area contributed by atoms with Crippen molar-refractivity contribution >= 4 is 0 Å². The van der Waals surface area contributed by atoms with Gasteiger partial charge in [-0.3, -0.25) is 0 Å². The Morgan fingerprint density at radius 3 is 1.89 bits per heavy atom. The smallest absolute Gasteiger partial charge is 0.0150 e. The molecule has 2 rings (SSSR count). The van der Waals surface area contributed by atoms with Gasteiger partial charge in [0.25, 0.3) is 0 Å². The molecule has 1 unspecified atom stereocenters. The van der Waals surface area contributed by atoms with Gasteiger partial charge in [-0.1, -0.05) is 66.1 Å². The summed E-state index contributed by atoms with van der Waals surface area (Å²) in [5, 5.41) is 0. The Labute approximate surface area is 111 Å². The van der Waals surface area contributed by atoms with Crippen LogP contribution in [-0.4, -0.2) is 0 Å². The molecule has 0 heteroatoms. The molecule has 0 amide bonds. The minimum absolute atomic E-state index is 0.576. The zero-order valence-corrected chi connectivity index (χ0v) is 11.8. The number of hydrogen-bond donors (Lipinski definition) is 0. The summed E-state index contributed by atoms with van der Waals surface area (Å²) in [7, 11) is 0. The second-order valence-corrected chi connectivity index (χ2v) is 5.51. The lowest BCUT2D eigenvalue weighted by Gasteiger charge is -2.13. The maximum Gasteiger partial charge on any atom is -0.0150 e. The molecule has 0 heterocycles. The summed E-state index contributed by atoms with van der Waals surface area (Å²) in [5.74, 6) is 0.576. The molecule has 2 aromatic rings. The Hall–Kier alpha value is -1.56. The average molecular weight is 238 g/mol. The van der Waals surface area contributed by atoms with E-state index in [1.165, 1.54) is 27.8 Å². The van der Waals surface area contributed by atoms with Crippen LogP contribution < -0.4 is 0 Å². The van der Waals surface area contributed by atoms with Crippen LogP contribution in [0, 0.1) is 20.8 Å². The van der Waals surface area contributed by atoms with Crippen molar-refractivity contribution in [1.29, 1.82) is 0 Å². The zero-order valence-electron chi connectivity index (χ0n) is 11.8. The summed E-state index contributed by atoms with van der Waals surface area (Å²) in [6.07, 6.45) is 1.12. The highest BCUT2D eigenvalue weighted by molar-refractivity contribution is 5.31. The van der Waals surface area contributed by atoms with E-state index in [0.29, 0.717) is 5.92 Å². The Kier molecular flexibility index (Phi) is 3.86. The van der Waals surface area contributed by atoms with Gasteiger partial charge in [0.2, 0.25) is 0 Å². The summed E-state index contributed by atoms with van der Waals surface area (Å²) in [5.41, 5.74) is 6.93. The van der Waals surface area contributed by atoms with Gasteiger partial charge in [0.05, 0.1) is 0 Å². The fourth-order valence-electron chi connectivity index (χ4n) is 2.55. The molecule has 0 N–H and O–H groups in total. The second-order valence-electron chi connectivity index (χ2n) is 5.51. The highest BCUT2D eigenvalue weighted by Gasteiger charge is 2.07. The fraction of sp³-hybridized carbons (Fsp3) is 0.333. The fourth-order valence-corrected chi connectivity index (χ4v) is 2.55. The van der Waals surface area contributed by atoms with Gasteiger partial charge in [-0.05, 0) is 44.2 Å². The van der Waals surface area contributed by atoms with Crippen molar-refractivity contribution in [3.05, 3.63) is 70.3 Å². The molecular weight excluding hydrogens is 216 g/mol. The van der Waals surface area contributed by atoms with E-state index in [2.05, 4.69) is 70.2 Å². The summed E-state index contributed by atoms with van der Waals surface area (Å²) < 4.78 is 0. The molecule has 18 heavy (non-hydrogen) atoms. The van der Waals surface area contributed by atoms with Crippen molar-refractivity contribution in [2.45, 2.75) is 40.0 Å². The molecule has 0 bridgehead atoms. The number of rotatable bonds is 3. The van der Waals surface area contributed by atoms with E-state index in [9.17, 15) is 0 Å². The molecule has 0 aliphatic carbocycles. The normalized spacial score (nSPS) is 12.4. The predicted molar refractivity (Wildman–Crippen MR) is 79.2 cm³/mol. The van der Waals surface area contributed by atoms with Crippen LogP contribution in [0.15, 0.2) is 42.5 Å². The second kappa shape index (κ2) is 5.39. The van der Waals surface area contributed by atoms with Crippen molar-refractivity contribution in [3.8, 4) is 0 Å². The third-order valence-corrected chi connectivity index (χ3v) is 3.47. The molecule has 0 radical (unpaired) electrons. The van der Waals surface area contributed by atoms with E-state index < -0.39 is 0 Å². The van der Waals surface area contributed by atoms with E-state index in [1.807, 2.05) is 0 Å². The molecule has 2 aromatic carbocycles. The average Bonchev–Trinajstić information content (AvgIpc) is 2.28. The summed E-state index contributed by atoms with van der Waals surface area (Å²) in [4.78, 5) is 0. The number of benzene rings is 2.